The number of hydrogen-bond donors (Lipinski definition) is 9. The highest BCUT2D eigenvalue weighted by molar-refractivity contribution is 7.80. The van der Waals surface area contributed by atoms with E-state index in [1.165, 1.54) is 4.90 Å². The van der Waals surface area contributed by atoms with E-state index in [-0.39, 0.29) is 13.2 Å². The molecule has 0 aliphatic carbocycles. The van der Waals surface area contributed by atoms with Gasteiger partial charge in [-0.25, -0.2) is 13.9 Å². The van der Waals surface area contributed by atoms with E-state index in [1.807, 2.05) is 0 Å². The second kappa shape index (κ2) is 6.17. The van der Waals surface area contributed by atoms with Gasteiger partial charge in [0.15, 0.2) is 5.66 Å². The smallest absolute Gasteiger partial charge is 0.404 e. The highest BCUT2D eigenvalue weighted by Gasteiger charge is 2.74. The van der Waals surface area contributed by atoms with Gasteiger partial charge < -0.3 is 32.2 Å². The highest BCUT2D eigenvalue weighted by atomic mass is 32.3. The van der Waals surface area contributed by atoms with Crippen molar-refractivity contribution in [3.05, 3.63) is 0 Å². The summed E-state index contributed by atoms with van der Waals surface area (Å²) in [6, 6.07) is -1.71. The van der Waals surface area contributed by atoms with Crippen LogP contribution in [0.3, 0.4) is 0 Å². The fourth-order valence-electron chi connectivity index (χ4n) is 3.89. The van der Waals surface area contributed by atoms with Gasteiger partial charge in [-0.05, 0) is 0 Å². The zero-order chi connectivity index (χ0) is 19.5. The van der Waals surface area contributed by atoms with Gasteiger partial charge in [0.25, 0.3) is 0 Å². The minimum atomic E-state index is -4.99. The van der Waals surface area contributed by atoms with Crippen molar-refractivity contribution in [1.82, 2.24) is 20.9 Å². The number of aliphatic hydroxyl groups is 2. The number of carbonyl (C=O) groups is 1. The standard InChI is InChI=1S/C10H21N7O8S/c11-6-15-5-3(2-24-8(13)18)14-7(12)17-1-4(25-26(21,22)23)10(19,20)9(5,17)16-6/h3-7,14-16,19-20H,1-2,11-12H2,(H2,13,18)(H,21,22,23)/t3-,4?,5-,6?,7?,9-/m0/s1. The Morgan fingerprint density at radius 3 is 2.54 bits per heavy atom. The molecule has 3 rings (SSSR count). The van der Waals surface area contributed by atoms with Gasteiger partial charge in [-0.1, -0.05) is 0 Å². The summed E-state index contributed by atoms with van der Waals surface area (Å²) in [5.41, 5.74) is 15.0. The SMILES string of the molecule is NC(=O)OC[C@@H]1NC(N)N2CC(OS(=O)(=O)O)C(O)(O)[C@@]23NC(N)N[C@@H]13. The topological polar surface area (TPSA) is 248 Å². The molecule has 150 valence electrons. The molecule has 1 amide bonds. The molecule has 3 fully saturated rings. The molecule has 3 aliphatic rings. The summed E-state index contributed by atoms with van der Waals surface area (Å²) >= 11 is 0. The van der Waals surface area contributed by atoms with Crippen LogP contribution in [0, 0.1) is 0 Å². The summed E-state index contributed by atoms with van der Waals surface area (Å²) in [4.78, 5) is 12.2. The molecule has 3 aliphatic heterocycles. The quantitative estimate of drug-likeness (QED) is 0.158. The van der Waals surface area contributed by atoms with Crippen LogP contribution in [-0.4, -0.2) is 89.5 Å². The lowest BCUT2D eigenvalue weighted by Crippen LogP contribution is -2.83. The molecule has 0 aromatic rings. The largest absolute Gasteiger partial charge is 0.448 e. The fraction of sp³-hybridized carbons (Fsp3) is 0.900. The van der Waals surface area contributed by atoms with Crippen LogP contribution in [0.1, 0.15) is 0 Å². The summed E-state index contributed by atoms with van der Waals surface area (Å²) in [6.07, 6.45) is -4.83. The minimum absolute atomic E-state index is 0.287. The van der Waals surface area contributed by atoms with Crippen molar-refractivity contribution in [2.75, 3.05) is 13.2 Å². The van der Waals surface area contributed by atoms with Crippen molar-refractivity contribution in [1.29, 1.82) is 0 Å². The van der Waals surface area contributed by atoms with Crippen molar-refractivity contribution in [3.8, 4) is 0 Å². The predicted octanol–water partition coefficient (Wildman–Crippen LogP) is -6.02. The summed E-state index contributed by atoms with van der Waals surface area (Å²) in [6.45, 7) is -0.674. The summed E-state index contributed by atoms with van der Waals surface area (Å²) in [5, 5.41) is 29.9. The van der Waals surface area contributed by atoms with E-state index in [0.29, 0.717) is 0 Å². The molecule has 3 saturated heterocycles. The van der Waals surface area contributed by atoms with E-state index in [2.05, 4.69) is 20.1 Å². The van der Waals surface area contributed by atoms with Crippen LogP contribution < -0.4 is 33.2 Å². The first kappa shape index (κ1) is 19.6. The van der Waals surface area contributed by atoms with Crippen molar-refractivity contribution < 1.29 is 36.9 Å². The molecule has 3 unspecified atom stereocenters. The molecule has 0 saturated carbocycles. The Labute approximate surface area is 147 Å². The molecule has 15 nitrogen and oxygen atoms in total. The number of ether oxygens (including phenoxy) is 1. The van der Waals surface area contributed by atoms with Crippen molar-refractivity contribution in [2.45, 2.75) is 42.2 Å². The van der Waals surface area contributed by atoms with Crippen LogP contribution in [0.4, 0.5) is 4.79 Å². The summed E-state index contributed by atoms with van der Waals surface area (Å²) < 4.78 is 40.2. The van der Waals surface area contributed by atoms with E-state index < -0.39 is 58.7 Å². The maximum Gasteiger partial charge on any atom is 0.404 e. The van der Waals surface area contributed by atoms with Crippen molar-refractivity contribution in [2.24, 2.45) is 17.2 Å². The van der Waals surface area contributed by atoms with Crippen LogP contribution in [0.25, 0.3) is 0 Å². The van der Waals surface area contributed by atoms with Gasteiger partial charge in [0.2, 0.25) is 5.79 Å². The predicted molar refractivity (Wildman–Crippen MR) is 81.5 cm³/mol. The number of carbonyl (C=O) groups excluding carboxylic acids is 1. The van der Waals surface area contributed by atoms with Gasteiger partial charge in [0, 0.05) is 6.54 Å². The average molecular weight is 399 g/mol. The number of hydrogen-bond acceptors (Lipinski definition) is 13. The molecule has 0 aromatic carbocycles. The van der Waals surface area contributed by atoms with Gasteiger partial charge in [-0.2, -0.15) is 8.42 Å². The Morgan fingerprint density at radius 1 is 1.31 bits per heavy atom. The third-order valence-corrected chi connectivity index (χ3v) is 5.25. The Morgan fingerprint density at radius 2 is 1.96 bits per heavy atom. The van der Waals surface area contributed by atoms with Gasteiger partial charge in [-0.15, -0.1) is 0 Å². The zero-order valence-electron chi connectivity index (χ0n) is 13.3. The normalized spacial score (nSPS) is 42.3. The lowest BCUT2D eigenvalue weighted by atomic mass is 9.85. The lowest BCUT2D eigenvalue weighted by Gasteiger charge is -2.53. The van der Waals surface area contributed by atoms with Crippen LogP contribution in [0.5, 0.6) is 0 Å². The second-order valence-corrected chi connectivity index (χ2v) is 7.32. The third-order valence-electron chi connectivity index (χ3n) is 4.78. The van der Waals surface area contributed by atoms with Crippen LogP contribution in [0.2, 0.25) is 0 Å². The summed E-state index contributed by atoms with van der Waals surface area (Å²) in [7, 11) is -4.99. The van der Waals surface area contributed by atoms with Crippen LogP contribution in [-0.2, 0) is 19.3 Å². The first-order valence-electron chi connectivity index (χ1n) is 7.49. The minimum Gasteiger partial charge on any atom is -0.448 e. The molecule has 0 bridgehead atoms. The van der Waals surface area contributed by atoms with E-state index >= 15 is 0 Å². The molecule has 0 aromatic heterocycles. The van der Waals surface area contributed by atoms with E-state index in [1.54, 1.807) is 0 Å². The number of amides is 1. The molecule has 12 N–H and O–H groups in total. The average Bonchev–Trinajstić information content (AvgIpc) is 2.93. The van der Waals surface area contributed by atoms with Crippen LogP contribution >= 0.6 is 0 Å². The van der Waals surface area contributed by atoms with Crippen molar-refractivity contribution >= 4 is 16.5 Å². The Kier molecular flexibility index (Phi) is 4.65. The molecule has 0 radical (unpaired) electrons. The third kappa shape index (κ3) is 2.94. The van der Waals surface area contributed by atoms with E-state index in [4.69, 9.17) is 26.5 Å². The molecular weight excluding hydrogens is 378 g/mol. The first-order valence-corrected chi connectivity index (χ1v) is 8.85. The number of rotatable bonds is 4. The Hall–Kier alpha value is -1.18. The monoisotopic (exact) mass is 399 g/mol. The van der Waals surface area contributed by atoms with E-state index in [0.717, 1.165) is 0 Å². The van der Waals surface area contributed by atoms with Crippen LogP contribution in [0.15, 0.2) is 0 Å². The molecular formula is C10H21N7O8S. The highest BCUT2D eigenvalue weighted by Crippen LogP contribution is 2.45. The molecule has 1 spiro atoms. The Bertz CT molecular complexity index is 691. The maximum atomic E-state index is 11.1. The van der Waals surface area contributed by atoms with Gasteiger partial charge in [-0.3, -0.25) is 20.5 Å². The molecule has 3 heterocycles. The maximum absolute atomic E-state index is 11.1. The Balaban J connectivity index is 1.99. The molecule has 16 heteroatoms. The van der Waals surface area contributed by atoms with Gasteiger partial charge in [0.05, 0.1) is 12.1 Å². The first-order chi connectivity index (χ1) is 11.9. The van der Waals surface area contributed by atoms with Crippen molar-refractivity contribution in [3.63, 3.8) is 0 Å². The van der Waals surface area contributed by atoms with E-state index in [9.17, 15) is 23.4 Å². The fourth-order valence-corrected chi connectivity index (χ4v) is 4.38. The van der Waals surface area contributed by atoms with Gasteiger partial charge >= 0.3 is 16.5 Å². The second-order valence-electron chi connectivity index (χ2n) is 6.27. The molecule has 26 heavy (non-hydrogen) atoms. The zero-order valence-corrected chi connectivity index (χ0v) is 14.1. The summed E-state index contributed by atoms with van der Waals surface area (Å²) in [5.74, 6) is -2.86. The lowest BCUT2D eigenvalue weighted by molar-refractivity contribution is -0.267. The molecule has 6 atom stereocenters. The van der Waals surface area contributed by atoms with Gasteiger partial charge in [0.1, 0.15) is 25.3 Å². The number of primary amides is 1. The number of nitrogens with zero attached hydrogens (tertiary/aromatic N) is 1. The number of nitrogens with two attached hydrogens (primary N) is 3. The number of nitrogens with one attached hydrogen (secondary N) is 3.